The first-order chi connectivity index (χ1) is 15.2. The monoisotopic (exact) mass is 420 g/mol. The van der Waals surface area contributed by atoms with Crippen molar-refractivity contribution in [1.82, 2.24) is 14.8 Å². The lowest BCUT2D eigenvalue weighted by Gasteiger charge is -2.38. The Balaban J connectivity index is 1.05. The topological polar surface area (TPSA) is 56.0 Å². The van der Waals surface area contributed by atoms with Crippen LogP contribution in [-0.4, -0.2) is 78.4 Å². The Bertz CT molecular complexity index is 927. The minimum Gasteiger partial charge on any atom is -0.440 e. The van der Waals surface area contributed by atoms with E-state index in [1.807, 2.05) is 24.3 Å². The first-order valence-corrected chi connectivity index (χ1v) is 11.5. The summed E-state index contributed by atoms with van der Waals surface area (Å²) in [6.45, 7) is 7.54. The molecule has 5 rings (SSSR count). The second-order valence-electron chi connectivity index (χ2n) is 8.87. The zero-order valence-corrected chi connectivity index (χ0v) is 18.1. The van der Waals surface area contributed by atoms with Crippen molar-refractivity contribution in [2.45, 2.75) is 24.9 Å². The summed E-state index contributed by atoms with van der Waals surface area (Å²) in [5.74, 6) is 1.25. The number of aliphatic hydroxyl groups excluding tert-OH is 1. The van der Waals surface area contributed by atoms with Crippen LogP contribution in [0, 0.1) is 0 Å². The van der Waals surface area contributed by atoms with E-state index < -0.39 is 0 Å². The Morgan fingerprint density at radius 3 is 2.19 bits per heavy atom. The Morgan fingerprint density at radius 1 is 0.839 bits per heavy atom. The molecule has 2 aromatic carbocycles. The van der Waals surface area contributed by atoms with Crippen molar-refractivity contribution in [2.24, 2.45) is 0 Å². The molecule has 0 amide bonds. The maximum Gasteiger partial charge on any atom is 0.198 e. The van der Waals surface area contributed by atoms with Crippen LogP contribution in [-0.2, 0) is 0 Å². The van der Waals surface area contributed by atoms with Crippen LogP contribution in [0.1, 0.15) is 24.7 Å². The molecule has 6 nitrogen and oxygen atoms in total. The van der Waals surface area contributed by atoms with Crippen molar-refractivity contribution < 1.29 is 9.52 Å². The molecule has 3 heterocycles. The van der Waals surface area contributed by atoms with E-state index in [9.17, 15) is 5.11 Å². The largest absolute Gasteiger partial charge is 0.440 e. The van der Waals surface area contributed by atoms with Crippen molar-refractivity contribution in [3.8, 4) is 0 Å². The number of aliphatic hydroxyl groups is 1. The van der Waals surface area contributed by atoms with Gasteiger partial charge in [0.05, 0.1) is 6.10 Å². The summed E-state index contributed by atoms with van der Waals surface area (Å²) in [4.78, 5) is 11.9. The van der Waals surface area contributed by atoms with E-state index in [0.29, 0.717) is 5.92 Å². The second kappa shape index (κ2) is 9.39. The molecule has 1 aromatic heterocycles. The van der Waals surface area contributed by atoms with Crippen LogP contribution in [0.25, 0.3) is 11.1 Å². The average molecular weight is 421 g/mol. The zero-order chi connectivity index (χ0) is 21.0. The van der Waals surface area contributed by atoms with Crippen molar-refractivity contribution in [1.29, 1.82) is 0 Å². The molecular formula is C25H32N4O2. The number of oxazole rings is 1. The Labute approximate surface area is 184 Å². The molecule has 0 spiro atoms. The van der Waals surface area contributed by atoms with Crippen molar-refractivity contribution >= 4 is 16.8 Å². The summed E-state index contributed by atoms with van der Waals surface area (Å²) in [6.07, 6.45) is 1.77. The molecular weight excluding hydrogens is 388 g/mol. The smallest absolute Gasteiger partial charge is 0.198 e. The number of anilines is 1. The number of fused-ring (bicyclic) bond motifs is 1. The number of aromatic nitrogens is 1. The zero-order valence-electron chi connectivity index (χ0n) is 18.1. The molecule has 164 valence electrons. The minimum absolute atomic E-state index is 0.302. The first-order valence-electron chi connectivity index (χ1n) is 11.5. The van der Waals surface area contributed by atoms with E-state index in [1.165, 1.54) is 5.69 Å². The fourth-order valence-electron chi connectivity index (χ4n) is 4.91. The molecule has 2 fully saturated rings. The van der Waals surface area contributed by atoms with Gasteiger partial charge in [0, 0.05) is 50.9 Å². The normalized spacial score (nSPS) is 20.4. The molecule has 2 aliphatic heterocycles. The molecule has 31 heavy (non-hydrogen) atoms. The van der Waals surface area contributed by atoms with E-state index in [0.717, 1.165) is 82.2 Å². The van der Waals surface area contributed by atoms with Crippen molar-refractivity contribution in [3.63, 3.8) is 0 Å². The molecule has 1 atom stereocenters. The summed E-state index contributed by atoms with van der Waals surface area (Å²) in [7, 11) is 0. The molecule has 2 saturated heterocycles. The molecule has 3 aromatic rings. The molecule has 0 radical (unpaired) electrons. The van der Waals surface area contributed by atoms with Gasteiger partial charge in [-0.3, -0.25) is 4.90 Å². The number of para-hydroxylation sites is 3. The number of nitrogens with zero attached hydrogens (tertiary/aromatic N) is 4. The van der Waals surface area contributed by atoms with Crippen LogP contribution >= 0.6 is 0 Å². The van der Waals surface area contributed by atoms with Gasteiger partial charge in [-0.1, -0.05) is 30.3 Å². The summed E-state index contributed by atoms with van der Waals surface area (Å²) >= 11 is 0. The fourth-order valence-corrected chi connectivity index (χ4v) is 4.91. The van der Waals surface area contributed by atoms with Gasteiger partial charge in [0.15, 0.2) is 11.5 Å². The number of hydrogen-bond acceptors (Lipinski definition) is 6. The third-order valence-electron chi connectivity index (χ3n) is 6.68. The highest BCUT2D eigenvalue weighted by Gasteiger charge is 2.26. The van der Waals surface area contributed by atoms with Crippen molar-refractivity contribution in [3.05, 3.63) is 60.5 Å². The third kappa shape index (κ3) is 4.92. The standard InChI is InChI=1S/C25H32N4O2/c30-22(19-28-14-16-29(17-15-28)21-6-2-1-3-7-21)18-27-12-10-20(11-13-27)25-26-23-8-4-5-9-24(23)31-25/h1-9,20,22,30H,10-19H2. The molecule has 0 saturated carbocycles. The summed E-state index contributed by atoms with van der Waals surface area (Å²) in [5, 5.41) is 10.7. The van der Waals surface area contributed by atoms with Gasteiger partial charge in [0.1, 0.15) is 5.52 Å². The Morgan fingerprint density at radius 2 is 1.48 bits per heavy atom. The molecule has 0 bridgehead atoms. The number of piperidine rings is 1. The van der Waals surface area contributed by atoms with Crippen LogP contribution < -0.4 is 4.90 Å². The number of benzene rings is 2. The molecule has 1 N–H and O–H groups in total. The highest BCUT2D eigenvalue weighted by atomic mass is 16.3. The van der Waals surface area contributed by atoms with Crippen LogP contribution in [0.2, 0.25) is 0 Å². The molecule has 2 aliphatic rings. The average Bonchev–Trinajstić information content (AvgIpc) is 3.25. The van der Waals surface area contributed by atoms with Gasteiger partial charge in [-0.05, 0) is 50.2 Å². The number of piperazine rings is 1. The van der Waals surface area contributed by atoms with Crippen LogP contribution in [0.4, 0.5) is 5.69 Å². The number of likely N-dealkylation sites (tertiary alicyclic amines) is 1. The Hall–Kier alpha value is -2.41. The maximum absolute atomic E-state index is 10.7. The highest BCUT2D eigenvalue weighted by Crippen LogP contribution is 2.30. The highest BCUT2D eigenvalue weighted by molar-refractivity contribution is 5.72. The maximum atomic E-state index is 10.7. The minimum atomic E-state index is -0.302. The van der Waals surface area contributed by atoms with Crippen LogP contribution in [0.15, 0.2) is 59.0 Å². The van der Waals surface area contributed by atoms with Crippen LogP contribution in [0.5, 0.6) is 0 Å². The first kappa shape index (κ1) is 20.5. The van der Waals surface area contributed by atoms with Gasteiger partial charge in [0.25, 0.3) is 0 Å². The summed E-state index contributed by atoms with van der Waals surface area (Å²) in [5.41, 5.74) is 3.12. The van der Waals surface area contributed by atoms with Gasteiger partial charge in [-0.25, -0.2) is 4.98 Å². The quantitative estimate of drug-likeness (QED) is 0.661. The predicted octanol–water partition coefficient (Wildman–Crippen LogP) is 3.19. The SMILES string of the molecule is OC(CN1CCC(c2nc3ccccc3o2)CC1)CN1CCN(c2ccccc2)CC1. The molecule has 1 unspecified atom stereocenters. The molecule has 6 heteroatoms. The Kier molecular flexibility index (Phi) is 6.20. The second-order valence-corrected chi connectivity index (χ2v) is 8.87. The fraction of sp³-hybridized carbons (Fsp3) is 0.480. The van der Waals surface area contributed by atoms with Gasteiger partial charge < -0.3 is 19.3 Å². The lowest BCUT2D eigenvalue weighted by Crippen LogP contribution is -2.50. The van der Waals surface area contributed by atoms with Gasteiger partial charge in [-0.2, -0.15) is 0 Å². The lowest BCUT2D eigenvalue weighted by molar-refractivity contribution is 0.0618. The summed E-state index contributed by atoms with van der Waals surface area (Å²) < 4.78 is 5.98. The van der Waals surface area contributed by atoms with E-state index in [-0.39, 0.29) is 6.10 Å². The van der Waals surface area contributed by atoms with Gasteiger partial charge in [-0.15, -0.1) is 0 Å². The van der Waals surface area contributed by atoms with E-state index in [2.05, 4.69) is 50.0 Å². The van der Waals surface area contributed by atoms with E-state index in [1.54, 1.807) is 0 Å². The van der Waals surface area contributed by atoms with Gasteiger partial charge in [0.2, 0.25) is 0 Å². The number of hydrogen-bond donors (Lipinski definition) is 1. The van der Waals surface area contributed by atoms with E-state index >= 15 is 0 Å². The van der Waals surface area contributed by atoms with E-state index in [4.69, 9.17) is 4.42 Å². The van der Waals surface area contributed by atoms with Crippen LogP contribution in [0.3, 0.4) is 0 Å². The summed E-state index contributed by atoms with van der Waals surface area (Å²) in [6, 6.07) is 18.6. The number of β-amino-alcohol motifs (C(OH)–C–C–N with tert-alkyl or cyclic N) is 1. The van der Waals surface area contributed by atoms with Gasteiger partial charge >= 0.3 is 0 Å². The van der Waals surface area contributed by atoms with Crippen molar-refractivity contribution in [2.75, 3.05) is 57.3 Å². The lowest BCUT2D eigenvalue weighted by atomic mass is 9.96. The third-order valence-corrected chi connectivity index (χ3v) is 6.68. The molecule has 0 aliphatic carbocycles. The number of rotatable bonds is 6. The predicted molar refractivity (Wildman–Crippen MR) is 124 cm³/mol.